The first kappa shape index (κ1) is 19.7. The van der Waals surface area contributed by atoms with Crippen LogP contribution in [0.25, 0.3) is 0 Å². The summed E-state index contributed by atoms with van der Waals surface area (Å²) in [7, 11) is 0. The van der Waals surface area contributed by atoms with Crippen LogP contribution in [0.5, 0.6) is 0 Å². The van der Waals surface area contributed by atoms with Crippen LogP contribution in [-0.4, -0.2) is 33.7 Å². The lowest BCUT2D eigenvalue weighted by molar-refractivity contribution is -0.115. The second kappa shape index (κ2) is 8.80. The first-order valence-corrected chi connectivity index (χ1v) is 10.3. The minimum atomic E-state index is -0.0590. The highest BCUT2D eigenvalue weighted by atomic mass is 35.5. The maximum absolute atomic E-state index is 12.6. The molecule has 1 aromatic heterocycles. The molecule has 1 N–H and O–H groups in total. The number of rotatable bonds is 6. The average molecular weight is 409 g/mol. The van der Waals surface area contributed by atoms with Gasteiger partial charge in [-0.2, -0.15) is 5.10 Å². The second-order valence-electron chi connectivity index (χ2n) is 7.64. The maximum atomic E-state index is 12.6. The molecule has 0 saturated carbocycles. The molecule has 3 aromatic rings. The Hall–Kier alpha value is -2.63. The Morgan fingerprint density at radius 1 is 1.17 bits per heavy atom. The molecule has 1 saturated heterocycles. The fourth-order valence-electron chi connectivity index (χ4n) is 3.89. The van der Waals surface area contributed by atoms with Crippen LogP contribution in [0.1, 0.15) is 29.2 Å². The summed E-state index contributed by atoms with van der Waals surface area (Å²) in [5.74, 6) is 0.736. The highest BCUT2D eigenvalue weighted by Gasteiger charge is 2.27. The van der Waals surface area contributed by atoms with Crippen molar-refractivity contribution in [1.29, 1.82) is 0 Å². The topological polar surface area (TPSA) is 50.2 Å². The van der Waals surface area contributed by atoms with E-state index in [4.69, 9.17) is 11.6 Å². The van der Waals surface area contributed by atoms with Gasteiger partial charge in [-0.05, 0) is 36.6 Å². The zero-order valence-electron chi connectivity index (χ0n) is 16.5. The number of carbonyl (C=O) groups excluding carboxylic acids is 1. The molecular weight excluding hydrogens is 384 g/mol. The Kier molecular flexibility index (Phi) is 5.97. The Balaban J connectivity index is 1.41. The van der Waals surface area contributed by atoms with Crippen LogP contribution in [0, 0.1) is 6.92 Å². The molecule has 0 bridgehead atoms. The fourth-order valence-corrected chi connectivity index (χ4v) is 4.10. The number of amides is 1. The van der Waals surface area contributed by atoms with E-state index in [0.717, 1.165) is 43.0 Å². The van der Waals surface area contributed by atoms with Crippen LogP contribution in [-0.2, 0) is 17.8 Å². The average Bonchev–Trinajstić information content (AvgIpc) is 3.29. The monoisotopic (exact) mass is 408 g/mol. The molecule has 2 heterocycles. The van der Waals surface area contributed by atoms with Gasteiger partial charge in [0.2, 0.25) is 5.91 Å². The van der Waals surface area contributed by atoms with Gasteiger partial charge in [-0.3, -0.25) is 9.69 Å². The van der Waals surface area contributed by atoms with Gasteiger partial charge in [0.1, 0.15) is 5.82 Å². The van der Waals surface area contributed by atoms with E-state index in [-0.39, 0.29) is 18.4 Å². The van der Waals surface area contributed by atoms with E-state index in [1.165, 1.54) is 5.56 Å². The Bertz CT molecular complexity index is 986. The third-order valence-corrected chi connectivity index (χ3v) is 5.57. The lowest BCUT2D eigenvalue weighted by atomic mass is 10.1. The van der Waals surface area contributed by atoms with Gasteiger partial charge in [0.15, 0.2) is 0 Å². The number of nitrogens with one attached hydrogen (secondary N) is 1. The van der Waals surface area contributed by atoms with Crippen LogP contribution in [0.3, 0.4) is 0 Å². The van der Waals surface area contributed by atoms with Crippen molar-refractivity contribution in [3.05, 3.63) is 82.5 Å². The molecular formula is C23H25ClN4O. The first-order chi connectivity index (χ1) is 14.1. The Labute approximate surface area is 176 Å². The standard InChI is InChI=1S/C23H25ClN4O/c1-17-14-25-28(21-10-11-27(16-21)15-18-6-3-2-4-7-18)23(17)26-22(29)13-19-8-5-9-20(24)12-19/h2-9,12,14,21H,10-11,13,15-16H2,1H3,(H,26,29)/t21-/m1/s1. The molecule has 1 fully saturated rings. The number of nitrogens with zero attached hydrogens (tertiary/aromatic N) is 3. The molecule has 0 radical (unpaired) electrons. The Morgan fingerprint density at radius 3 is 2.76 bits per heavy atom. The molecule has 0 aliphatic carbocycles. The highest BCUT2D eigenvalue weighted by Crippen LogP contribution is 2.28. The number of halogens is 1. The van der Waals surface area contributed by atoms with Gasteiger partial charge in [-0.15, -0.1) is 0 Å². The minimum Gasteiger partial charge on any atom is -0.310 e. The van der Waals surface area contributed by atoms with Crippen LogP contribution >= 0.6 is 11.6 Å². The SMILES string of the molecule is Cc1cnn([C@@H]2CCN(Cc3ccccc3)C2)c1NC(=O)Cc1cccc(Cl)c1. The minimum absolute atomic E-state index is 0.0590. The van der Waals surface area contributed by atoms with E-state index in [9.17, 15) is 4.79 Å². The summed E-state index contributed by atoms with van der Waals surface area (Å²) < 4.78 is 1.98. The number of carbonyl (C=O) groups is 1. The molecule has 6 heteroatoms. The molecule has 1 aliphatic heterocycles. The van der Waals surface area contributed by atoms with Crippen molar-refractivity contribution in [3.63, 3.8) is 0 Å². The first-order valence-electron chi connectivity index (χ1n) is 9.93. The van der Waals surface area contributed by atoms with Crippen molar-refractivity contribution in [2.24, 2.45) is 0 Å². The number of hydrogen-bond donors (Lipinski definition) is 1. The van der Waals surface area contributed by atoms with Gasteiger partial charge in [-0.1, -0.05) is 54.1 Å². The summed E-state index contributed by atoms with van der Waals surface area (Å²) in [6.07, 6.45) is 3.13. The summed E-state index contributed by atoms with van der Waals surface area (Å²) in [5.41, 5.74) is 3.19. The van der Waals surface area contributed by atoms with Crippen LogP contribution in [0.4, 0.5) is 5.82 Å². The number of anilines is 1. The third-order valence-electron chi connectivity index (χ3n) is 5.33. The summed E-state index contributed by atoms with van der Waals surface area (Å²) in [4.78, 5) is 15.0. The number of aryl methyl sites for hydroxylation is 1. The van der Waals surface area contributed by atoms with Gasteiger partial charge in [0.25, 0.3) is 0 Å². The van der Waals surface area contributed by atoms with Crippen molar-refractivity contribution in [3.8, 4) is 0 Å². The summed E-state index contributed by atoms with van der Waals surface area (Å²) in [6.45, 7) is 4.87. The smallest absolute Gasteiger partial charge is 0.229 e. The highest BCUT2D eigenvalue weighted by molar-refractivity contribution is 6.30. The quantitative estimate of drug-likeness (QED) is 0.654. The molecule has 29 heavy (non-hydrogen) atoms. The summed E-state index contributed by atoms with van der Waals surface area (Å²) in [5, 5.41) is 8.28. The lowest BCUT2D eigenvalue weighted by Crippen LogP contribution is -2.24. The van der Waals surface area contributed by atoms with E-state index in [1.54, 1.807) is 0 Å². The predicted octanol–water partition coefficient (Wildman–Crippen LogP) is 4.47. The summed E-state index contributed by atoms with van der Waals surface area (Å²) >= 11 is 6.03. The van der Waals surface area contributed by atoms with E-state index in [2.05, 4.69) is 39.6 Å². The zero-order chi connectivity index (χ0) is 20.2. The van der Waals surface area contributed by atoms with Gasteiger partial charge in [0, 0.05) is 30.2 Å². The third kappa shape index (κ3) is 4.86. The van der Waals surface area contributed by atoms with Crippen molar-refractivity contribution in [2.45, 2.75) is 32.4 Å². The predicted molar refractivity (Wildman–Crippen MR) is 116 cm³/mol. The van der Waals surface area contributed by atoms with Crippen molar-refractivity contribution in [2.75, 3.05) is 18.4 Å². The van der Waals surface area contributed by atoms with Crippen molar-refractivity contribution < 1.29 is 4.79 Å². The molecule has 2 aromatic carbocycles. The molecule has 5 nitrogen and oxygen atoms in total. The van der Waals surface area contributed by atoms with Crippen LogP contribution < -0.4 is 5.32 Å². The normalized spacial score (nSPS) is 16.8. The van der Waals surface area contributed by atoms with Crippen molar-refractivity contribution in [1.82, 2.24) is 14.7 Å². The molecule has 1 aliphatic rings. The van der Waals surface area contributed by atoms with E-state index >= 15 is 0 Å². The van der Waals surface area contributed by atoms with Gasteiger partial charge >= 0.3 is 0 Å². The number of likely N-dealkylation sites (tertiary alicyclic amines) is 1. The van der Waals surface area contributed by atoms with Gasteiger partial charge in [-0.25, -0.2) is 4.68 Å². The lowest BCUT2D eigenvalue weighted by Gasteiger charge is -2.18. The fraction of sp³-hybridized carbons (Fsp3) is 0.304. The maximum Gasteiger partial charge on any atom is 0.229 e. The molecule has 150 valence electrons. The van der Waals surface area contributed by atoms with Gasteiger partial charge < -0.3 is 5.32 Å². The van der Waals surface area contributed by atoms with Crippen LogP contribution in [0.15, 0.2) is 60.8 Å². The van der Waals surface area contributed by atoms with Gasteiger partial charge in [0.05, 0.1) is 18.7 Å². The van der Waals surface area contributed by atoms with Crippen molar-refractivity contribution >= 4 is 23.3 Å². The van der Waals surface area contributed by atoms with E-state index < -0.39 is 0 Å². The molecule has 0 unspecified atom stereocenters. The largest absolute Gasteiger partial charge is 0.310 e. The van der Waals surface area contributed by atoms with Crippen LogP contribution in [0.2, 0.25) is 5.02 Å². The molecule has 1 atom stereocenters. The van der Waals surface area contributed by atoms with E-state index in [0.29, 0.717) is 5.02 Å². The van der Waals surface area contributed by atoms with E-state index in [1.807, 2.05) is 48.1 Å². The zero-order valence-corrected chi connectivity index (χ0v) is 17.3. The molecule has 0 spiro atoms. The Morgan fingerprint density at radius 2 is 1.97 bits per heavy atom. The summed E-state index contributed by atoms with van der Waals surface area (Å²) in [6, 6.07) is 18.2. The molecule has 4 rings (SSSR count). The number of benzene rings is 2. The number of hydrogen-bond acceptors (Lipinski definition) is 3. The second-order valence-corrected chi connectivity index (χ2v) is 8.08. The molecule has 1 amide bonds. The number of aromatic nitrogens is 2.